The van der Waals surface area contributed by atoms with Gasteiger partial charge in [0.15, 0.2) is 0 Å². The van der Waals surface area contributed by atoms with Crippen molar-refractivity contribution in [3.05, 3.63) is 83.4 Å². The first-order valence-electron chi connectivity index (χ1n) is 10.8. The molecule has 3 nitrogen and oxygen atoms in total. The molecule has 0 saturated carbocycles. The Hall–Kier alpha value is -2.94. The van der Waals surface area contributed by atoms with E-state index >= 15 is 0 Å². The fourth-order valence-corrected chi connectivity index (χ4v) is 3.37. The number of hydrogen-bond acceptors (Lipinski definition) is 3. The molecule has 3 heteroatoms. The van der Waals surface area contributed by atoms with Crippen molar-refractivity contribution >= 4 is 0 Å². The van der Waals surface area contributed by atoms with E-state index in [1.165, 1.54) is 11.1 Å². The molecule has 0 spiro atoms. The summed E-state index contributed by atoms with van der Waals surface area (Å²) in [7, 11) is 0. The van der Waals surface area contributed by atoms with Crippen LogP contribution in [-0.2, 0) is 0 Å². The summed E-state index contributed by atoms with van der Waals surface area (Å²) in [6, 6.07) is 21.8. The standard InChI is InChI=1S/C27H32O3/c1-5-20(3)26-18-25(14-15-27(26)28)30-24-12-8-22(9-13-24)21(4)16-17-29-23-10-6-19(2)7-11-23/h6-15,18,20-21,28H,5,16-17H2,1-4H3. The fraction of sp³-hybridized carbons (Fsp3) is 0.333. The van der Waals surface area contributed by atoms with E-state index in [9.17, 15) is 5.11 Å². The molecule has 0 bridgehead atoms. The number of ether oxygens (including phenoxy) is 2. The molecule has 158 valence electrons. The third-order valence-corrected chi connectivity index (χ3v) is 5.67. The minimum Gasteiger partial charge on any atom is -0.508 e. The van der Waals surface area contributed by atoms with Crippen LogP contribution < -0.4 is 9.47 Å². The van der Waals surface area contributed by atoms with Crippen LogP contribution in [0.2, 0.25) is 0 Å². The molecule has 3 aromatic carbocycles. The van der Waals surface area contributed by atoms with Gasteiger partial charge >= 0.3 is 0 Å². The SMILES string of the molecule is CCC(C)c1cc(Oc2ccc(C(C)CCOc3ccc(C)cc3)cc2)ccc1O. The minimum absolute atomic E-state index is 0.291. The molecule has 0 aliphatic carbocycles. The van der Waals surface area contributed by atoms with Gasteiger partial charge in [0.1, 0.15) is 23.0 Å². The predicted molar refractivity (Wildman–Crippen MR) is 123 cm³/mol. The van der Waals surface area contributed by atoms with Crippen molar-refractivity contribution in [2.24, 2.45) is 0 Å². The number of hydrogen-bond donors (Lipinski definition) is 1. The third-order valence-electron chi connectivity index (χ3n) is 5.67. The van der Waals surface area contributed by atoms with Gasteiger partial charge < -0.3 is 14.6 Å². The molecule has 30 heavy (non-hydrogen) atoms. The average molecular weight is 405 g/mol. The zero-order chi connectivity index (χ0) is 21.5. The summed E-state index contributed by atoms with van der Waals surface area (Å²) < 4.78 is 11.9. The van der Waals surface area contributed by atoms with Crippen molar-refractivity contribution in [3.63, 3.8) is 0 Å². The minimum atomic E-state index is 0.291. The van der Waals surface area contributed by atoms with E-state index in [0.717, 1.165) is 35.7 Å². The number of phenolic OH excluding ortho intramolecular Hbond substituents is 1. The molecule has 0 aliphatic heterocycles. The largest absolute Gasteiger partial charge is 0.508 e. The summed E-state index contributed by atoms with van der Waals surface area (Å²) in [5.74, 6) is 3.48. The Labute approximate surface area is 180 Å². The normalized spacial score (nSPS) is 12.9. The maximum Gasteiger partial charge on any atom is 0.127 e. The highest BCUT2D eigenvalue weighted by Crippen LogP contribution is 2.33. The molecule has 0 aliphatic rings. The molecule has 0 amide bonds. The Balaban J connectivity index is 1.56. The highest BCUT2D eigenvalue weighted by Gasteiger charge is 2.11. The number of aromatic hydroxyl groups is 1. The van der Waals surface area contributed by atoms with Gasteiger partial charge in [-0.3, -0.25) is 0 Å². The monoisotopic (exact) mass is 404 g/mol. The van der Waals surface area contributed by atoms with Crippen molar-refractivity contribution in [3.8, 4) is 23.0 Å². The Morgan fingerprint density at radius 2 is 1.43 bits per heavy atom. The van der Waals surface area contributed by atoms with Gasteiger partial charge in [-0.1, -0.05) is 50.6 Å². The quantitative estimate of drug-likeness (QED) is 0.399. The Kier molecular flexibility index (Phi) is 7.40. The van der Waals surface area contributed by atoms with Gasteiger partial charge in [0.05, 0.1) is 6.61 Å². The summed E-state index contributed by atoms with van der Waals surface area (Å²) in [6.07, 6.45) is 1.92. The van der Waals surface area contributed by atoms with Crippen LogP contribution in [0.25, 0.3) is 0 Å². The lowest BCUT2D eigenvalue weighted by atomic mass is 9.97. The van der Waals surface area contributed by atoms with Crippen LogP contribution in [-0.4, -0.2) is 11.7 Å². The van der Waals surface area contributed by atoms with Crippen LogP contribution in [0.1, 0.15) is 62.1 Å². The Morgan fingerprint density at radius 3 is 2.10 bits per heavy atom. The maximum absolute atomic E-state index is 10.1. The number of aryl methyl sites for hydroxylation is 1. The van der Waals surface area contributed by atoms with E-state index in [-0.39, 0.29) is 0 Å². The lowest BCUT2D eigenvalue weighted by molar-refractivity contribution is 0.300. The van der Waals surface area contributed by atoms with Crippen LogP contribution in [0.4, 0.5) is 0 Å². The van der Waals surface area contributed by atoms with Crippen LogP contribution >= 0.6 is 0 Å². The first-order valence-corrected chi connectivity index (χ1v) is 10.8. The second kappa shape index (κ2) is 10.2. The van der Waals surface area contributed by atoms with Gasteiger partial charge in [0.2, 0.25) is 0 Å². The first-order chi connectivity index (χ1) is 14.5. The molecule has 2 unspecified atom stereocenters. The summed E-state index contributed by atoms with van der Waals surface area (Å²) in [6.45, 7) is 9.20. The van der Waals surface area contributed by atoms with Crippen molar-refractivity contribution in [2.45, 2.75) is 52.4 Å². The summed E-state index contributed by atoms with van der Waals surface area (Å²) >= 11 is 0. The van der Waals surface area contributed by atoms with Gasteiger partial charge in [0, 0.05) is 5.56 Å². The second-order valence-corrected chi connectivity index (χ2v) is 8.05. The molecule has 0 saturated heterocycles. The Bertz CT molecular complexity index is 929. The highest BCUT2D eigenvalue weighted by atomic mass is 16.5. The topological polar surface area (TPSA) is 38.7 Å². The second-order valence-electron chi connectivity index (χ2n) is 8.05. The van der Waals surface area contributed by atoms with E-state index in [1.54, 1.807) is 12.1 Å². The van der Waals surface area contributed by atoms with E-state index in [0.29, 0.717) is 24.2 Å². The van der Waals surface area contributed by atoms with E-state index < -0.39 is 0 Å². The van der Waals surface area contributed by atoms with Crippen molar-refractivity contribution < 1.29 is 14.6 Å². The molecule has 0 aromatic heterocycles. The van der Waals surface area contributed by atoms with Crippen molar-refractivity contribution in [1.29, 1.82) is 0 Å². The third kappa shape index (κ3) is 5.79. The zero-order valence-corrected chi connectivity index (χ0v) is 18.4. The molecule has 0 radical (unpaired) electrons. The van der Waals surface area contributed by atoms with Gasteiger partial charge in [-0.05, 0) is 79.6 Å². The van der Waals surface area contributed by atoms with Crippen LogP contribution in [0.5, 0.6) is 23.0 Å². The fourth-order valence-electron chi connectivity index (χ4n) is 3.37. The van der Waals surface area contributed by atoms with E-state index in [2.05, 4.69) is 52.0 Å². The maximum atomic E-state index is 10.1. The zero-order valence-electron chi connectivity index (χ0n) is 18.4. The van der Waals surface area contributed by atoms with Gasteiger partial charge in [-0.15, -0.1) is 0 Å². The lowest BCUT2D eigenvalue weighted by Gasteiger charge is -2.15. The first kappa shape index (κ1) is 21.8. The molecule has 1 N–H and O–H groups in total. The Morgan fingerprint density at radius 1 is 0.800 bits per heavy atom. The molecule has 0 fully saturated rings. The van der Waals surface area contributed by atoms with Crippen molar-refractivity contribution in [1.82, 2.24) is 0 Å². The molecular formula is C27H32O3. The molecule has 2 atom stereocenters. The molecule has 3 rings (SSSR count). The van der Waals surface area contributed by atoms with Crippen molar-refractivity contribution in [2.75, 3.05) is 6.61 Å². The van der Waals surface area contributed by atoms with Crippen LogP contribution in [0.15, 0.2) is 66.7 Å². The van der Waals surface area contributed by atoms with Crippen LogP contribution in [0, 0.1) is 6.92 Å². The van der Waals surface area contributed by atoms with E-state index in [4.69, 9.17) is 9.47 Å². The van der Waals surface area contributed by atoms with Gasteiger partial charge in [-0.25, -0.2) is 0 Å². The molecular weight excluding hydrogens is 372 g/mol. The molecule has 0 heterocycles. The van der Waals surface area contributed by atoms with E-state index in [1.807, 2.05) is 30.3 Å². The van der Waals surface area contributed by atoms with Gasteiger partial charge in [-0.2, -0.15) is 0 Å². The smallest absolute Gasteiger partial charge is 0.127 e. The number of rotatable bonds is 9. The average Bonchev–Trinajstić information content (AvgIpc) is 2.76. The predicted octanol–water partition coefficient (Wildman–Crippen LogP) is 7.58. The van der Waals surface area contributed by atoms with Crippen LogP contribution in [0.3, 0.4) is 0 Å². The molecule has 3 aromatic rings. The summed E-state index contributed by atoms with van der Waals surface area (Å²) in [5.41, 5.74) is 3.43. The lowest BCUT2D eigenvalue weighted by Crippen LogP contribution is -2.03. The highest BCUT2D eigenvalue weighted by molar-refractivity contribution is 5.43. The summed E-state index contributed by atoms with van der Waals surface area (Å²) in [4.78, 5) is 0. The number of benzene rings is 3. The summed E-state index contributed by atoms with van der Waals surface area (Å²) in [5, 5.41) is 10.1. The van der Waals surface area contributed by atoms with Gasteiger partial charge in [0.25, 0.3) is 0 Å². The number of phenols is 1.